The van der Waals surface area contributed by atoms with E-state index >= 15 is 0 Å². The minimum Gasteiger partial charge on any atom is -0.481 e. The molecular weight excluding hydrogens is 328 g/mol. The summed E-state index contributed by atoms with van der Waals surface area (Å²) in [4.78, 5) is 14.5. The summed E-state index contributed by atoms with van der Waals surface area (Å²) in [6.45, 7) is 11.2. The molecule has 0 bridgehead atoms. The van der Waals surface area contributed by atoms with Crippen LogP contribution in [0.2, 0.25) is 0 Å². The molecule has 0 aromatic heterocycles. The van der Waals surface area contributed by atoms with Gasteiger partial charge < -0.3 is 20.1 Å². The number of piperidine rings is 1. The Kier molecular flexibility index (Phi) is 7.47. The van der Waals surface area contributed by atoms with E-state index in [-0.39, 0.29) is 17.4 Å². The minimum absolute atomic E-state index is 0.0466. The van der Waals surface area contributed by atoms with E-state index in [1.165, 1.54) is 5.56 Å². The molecule has 1 unspecified atom stereocenters. The zero-order valence-corrected chi connectivity index (χ0v) is 16.7. The molecule has 1 fully saturated rings. The number of carbonyl (C=O) groups is 1. The quantitative estimate of drug-likeness (QED) is 0.757. The van der Waals surface area contributed by atoms with Crippen molar-refractivity contribution >= 4 is 5.91 Å². The van der Waals surface area contributed by atoms with Crippen LogP contribution in [0, 0.1) is 0 Å². The van der Waals surface area contributed by atoms with Gasteiger partial charge in [-0.1, -0.05) is 32.9 Å². The first kappa shape index (κ1) is 20.7. The summed E-state index contributed by atoms with van der Waals surface area (Å²) in [5, 5.41) is 0. The first-order valence-electron chi connectivity index (χ1n) is 9.69. The van der Waals surface area contributed by atoms with Crippen molar-refractivity contribution in [2.75, 3.05) is 26.2 Å². The molecule has 0 aliphatic carbocycles. The fraction of sp³-hybridized carbons (Fsp3) is 0.667. The van der Waals surface area contributed by atoms with E-state index < -0.39 is 6.10 Å². The van der Waals surface area contributed by atoms with Crippen molar-refractivity contribution in [1.82, 2.24) is 4.90 Å². The maximum absolute atomic E-state index is 12.6. The number of likely N-dealkylation sites (tertiary alicyclic amines) is 1. The van der Waals surface area contributed by atoms with Gasteiger partial charge in [-0.3, -0.25) is 4.79 Å². The Labute approximate surface area is 157 Å². The third kappa shape index (κ3) is 5.99. The third-order valence-electron chi connectivity index (χ3n) is 4.84. The second kappa shape index (κ2) is 9.38. The van der Waals surface area contributed by atoms with Gasteiger partial charge in [0.2, 0.25) is 0 Å². The largest absolute Gasteiger partial charge is 0.481 e. The molecule has 1 saturated heterocycles. The smallest absolute Gasteiger partial charge is 0.263 e. The van der Waals surface area contributed by atoms with Crippen LogP contribution < -0.4 is 10.5 Å². The molecule has 1 aliphatic rings. The van der Waals surface area contributed by atoms with Gasteiger partial charge in [0.05, 0.1) is 6.10 Å². The molecule has 5 heteroatoms. The fourth-order valence-corrected chi connectivity index (χ4v) is 3.12. The minimum atomic E-state index is -0.481. The zero-order valence-electron chi connectivity index (χ0n) is 16.7. The van der Waals surface area contributed by atoms with Gasteiger partial charge in [-0.2, -0.15) is 0 Å². The average molecular weight is 363 g/mol. The molecule has 146 valence electrons. The Balaban J connectivity index is 1.81. The monoisotopic (exact) mass is 362 g/mol. The lowest BCUT2D eigenvalue weighted by molar-refractivity contribution is -0.140. The zero-order chi connectivity index (χ0) is 19.2. The molecule has 1 aromatic rings. The van der Waals surface area contributed by atoms with Gasteiger partial charge >= 0.3 is 0 Å². The number of benzene rings is 1. The van der Waals surface area contributed by atoms with E-state index in [9.17, 15) is 4.79 Å². The molecule has 0 radical (unpaired) electrons. The lowest BCUT2D eigenvalue weighted by atomic mass is 9.87. The van der Waals surface area contributed by atoms with Gasteiger partial charge in [0.1, 0.15) is 5.75 Å². The molecule has 0 saturated carbocycles. The lowest BCUT2D eigenvalue weighted by Crippen LogP contribution is -2.46. The van der Waals surface area contributed by atoms with Gasteiger partial charge in [0.15, 0.2) is 6.10 Å². The van der Waals surface area contributed by atoms with E-state index in [0.29, 0.717) is 13.2 Å². The predicted molar refractivity (Wildman–Crippen MR) is 104 cm³/mol. The van der Waals surface area contributed by atoms with Crippen LogP contribution in [0.15, 0.2) is 24.3 Å². The molecule has 1 amide bonds. The molecule has 26 heavy (non-hydrogen) atoms. The predicted octanol–water partition coefficient (Wildman–Crippen LogP) is 3.11. The summed E-state index contributed by atoms with van der Waals surface area (Å²) >= 11 is 0. The van der Waals surface area contributed by atoms with Crippen molar-refractivity contribution in [3.63, 3.8) is 0 Å². The number of ether oxygens (including phenoxy) is 2. The van der Waals surface area contributed by atoms with Crippen molar-refractivity contribution < 1.29 is 14.3 Å². The van der Waals surface area contributed by atoms with Gasteiger partial charge in [0, 0.05) is 19.7 Å². The van der Waals surface area contributed by atoms with Crippen LogP contribution in [-0.2, 0) is 14.9 Å². The van der Waals surface area contributed by atoms with Gasteiger partial charge in [0.25, 0.3) is 5.91 Å². The SMILES string of the molecule is CC(Oc1ccc(C(C)(C)C)cc1)C(=O)N1CCC(OCCCN)CC1. The third-order valence-corrected chi connectivity index (χ3v) is 4.84. The van der Waals surface area contributed by atoms with Crippen LogP contribution in [0.25, 0.3) is 0 Å². The lowest BCUT2D eigenvalue weighted by Gasteiger charge is -2.33. The Hall–Kier alpha value is -1.59. The first-order chi connectivity index (χ1) is 12.3. The van der Waals surface area contributed by atoms with E-state index in [1.807, 2.05) is 24.0 Å². The van der Waals surface area contributed by atoms with Crippen molar-refractivity contribution in [3.8, 4) is 5.75 Å². The topological polar surface area (TPSA) is 64.8 Å². The molecule has 2 rings (SSSR count). The van der Waals surface area contributed by atoms with Gasteiger partial charge in [-0.15, -0.1) is 0 Å². The molecule has 1 atom stereocenters. The van der Waals surface area contributed by atoms with Crippen LogP contribution in [0.5, 0.6) is 5.75 Å². The highest BCUT2D eigenvalue weighted by atomic mass is 16.5. The van der Waals surface area contributed by atoms with E-state index in [0.717, 1.165) is 38.1 Å². The number of carbonyl (C=O) groups excluding carboxylic acids is 1. The Bertz CT molecular complexity index is 558. The van der Waals surface area contributed by atoms with Crippen molar-refractivity contribution in [2.24, 2.45) is 5.73 Å². The number of nitrogens with zero attached hydrogens (tertiary/aromatic N) is 1. The highest BCUT2D eigenvalue weighted by molar-refractivity contribution is 5.81. The molecule has 1 aliphatic heterocycles. The van der Waals surface area contributed by atoms with Gasteiger partial charge in [-0.05, 0) is 55.8 Å². The summed E-state index contributed by atoms with van der Waals surface area (Å²) in [6.07, 6.45) is 2.40. The number of hydrogen-bond donors (Lipinski definition) is 1. The molecule has 1 aromatic carbocycles. The number of rotatable bonds is 7. The first-order valence-corrected chi connectivity index (χ1v) is 9.69. The maximum Gasteiger partial charge on any atom is 0.263 e. The molecule has 1 heterocycles. The number of amides is 1. The Morgan fingerprint density at radius 1 is 1.23 bits per heavy atom. The van der Waals surface area contributed by atoms with Gasteiger partial charge in [-0.25, -0.2) is 0 Å². The fourth-order valence-electron chi connectivity index (χ4n) is 3.12. The Morgan fingerprint density at radius 3 is 2.38 bits per heavy atom. The molecular formula is C21H34N2O3. The maximum atomic E-state index is 12.6. The highest BCUT2D eigenvalue weighted by Gasteiger charge is 2.27. The second-order valence-electron chi connectivity index (χ2n) is 8.07. The average Bonchev–Trinajstić information content (AvgIpc) is 2.61. The normalized spacial score (nSPS) is 17.2. The van der Waals surface area contributed by atoms with Crippen molar-refractivity contribution in [3.05, 3.63) is 29.8 Å². The summed E-state index contributed by atoms with van der Waals surface area (Å²) < 4.78 is 11.7. The highest BCUT2D eigenvalue weighted by Crippen LogP contribution is 2.25. The van der Waals surface area contributed by atoms with E-state index in [2.05, 4.69) is 32.9 Å². The van der Waals surface area contributed by atoms with Crippen LogP contribution in [0.4, 0.5) is 0 Å². The molecule has 2 N–H and O–H groups in total. The summed E-state index contributed by atoms with van der Waals surface area (Å²) in [5.74, 6) is 0.782. The summed E-state index contributed by atoms with van der Waals surface area (Å²) in [5.41, 5.74) is 6.84. The van der Waals surface area contributed by atoms with E-state index in [4.69, 9.17) is 15.2 Å². The standard InChI is InChI=1S/C21H34N2O3/c1-16(26-19-8-6-17(7-9-19)21(2,3)4)20(24)23-13-10-18(11-14-23)25-15-5-12-22/h6-9,16,18H,5,10-15,22H2,1-4H3. The van der Waals surface area contributed by atoms with Crippen molar-refractivity contribution in [2.45, 2.75) is 64.6 Å². The number of nitrogens with two attached hydrogens (primary N) is 1. The summed E-state index contributed by atoms with van der Waals surface area (Å²) in [6, 6.07) is 8.02. The molecule has 0 spiro atoms. The number of hydrogen-bond acceptors (Lipinski definition) is 4. The van der Waals surface area contributed by atoms with Crippen LogP contribution in [0.1, 0.15) is 52.5 Å². The summed E-state index contributed by atoms with van der Waals surface area (Å²) in [7, 11) is 0. The molecule has 5 nitrogen and oxygen atoms in total. The second-order valence-corrected chi connectivity index (χ2v) is 8.07. The van der Waals surface area contributed by atoms with Crippen LogP contribution in [-0.4, -0.2) is 49.3 Å². The Morgan fingerprint density at radius 2 is 1.85 bits per heavy atom. The van der Waals surface area contributed by atoms with Crippen LogP contribution in [0.3, 0.4) is 0 Å². The van der Waals surface area contributed by atoms with Crippen LogP contribution >= 0.6 is 0 Å². The van der Waals surface area contributed by atoms with Crippen molar-refractivity contribution in [1.29, 1.82) is 0 Å². The van der Waals surface area contributed by atoms with E-state index in [1.54, 1.807) is 0 Å².